The molecule has 0 saturated heterocycles. The lowest BCUT2D eigenvalue weighted by Gasteiger charge is -2.19. The molecule has 0 aliphatic heterocycles. The molecule has 0 unspecified atom stereocenters. The Labute approximate surface area is 92.3 Å². The van der Waals surface area contributed by atoms with E-state index < -0.39 is 11.7 Å². The third-order valence-electron chi connectivity index (χ3n) is 1.81. The van der Waals surface area contributed by atoms with Gasteiger partial charge in [0.05, 0.1) is 5.56 Å². The van der Waals surface area contributed by atoms with Crippen molar-refractivity contribution in [1.82, 2.24) is 0 Å². The van der Waals surface area contributed by atoms with Crippen molar-refractivity contribution in [3.8, 4) is 0 Å². The molecule has 0 saturated carbocycles. The third-order valence-corrected chi connectivity index (χ3v) is 1.81. The highest BCUT2D eigenvalue weighted by atomic mass is 35.5. The predicted octanol–water partition coefficient (Wildman–Crippen LogP) is 2.78. The maximum absolute atomic E-state index is 12.5. The van der Waals surface area contributed by atoms with Gasteiger partial charge in [0, 0.05) is 25.5 Å². The standard InChI is InChI=1S/C9H11F3N2.ClH/c1-14(2)8-4-3-6(13)5-7(8)9(10,11)12;/h3-5H,13H2,1-2H3;1H. The van der Waals surface area contributed by atoms with Crippen LogP contribution in [0.2, 0.25) is 0 Å². The molecule has 0 atom stereocenters. The van der Waals surface area contributed by atoms with E-state index in [-0.39, 0.29) is 23.8 Å². The lowest BCUT2D eigenvalue weighted by Crippen LogP contribution is -2.16. The minimum atomic E-state index is -4.37. The van der Waals surface area contributed by atoms with Crippen molar-refractivity contribution in [1.29, 1.82) is 0 Å². The highest BCUT2D eigenvalue weighted by Crippen LogP contribution is 2.36. The highest BCUT2D eigenvalue weighted by molar-refractivity contribution is 5.85. The summed E-state index contributed by atoms with van der Waals surface area (Å²) in [5.41, 5.74) is 4.83. The van der Waals surface area contributed by atoms with Crippen molar-refractivity contribution in [2.24, 2.45) is 0 Å². The first-order valence-corrected chi connectivity index (χ1v) is 3.96. The van der Waals surface area contributed by atoms with Gasteiger partial charge in [0.1, 0.15) is 0 Å². The van der Waals surface area contributed by atoms with Crippen molar-refractivity contribution in [3.05, 3.63) is 23.8 Å². The lowest BCUT2D eigenvalue weighted by atomic mass is 10.1. The van der Waals surface area contributed by atoms with Crippen molar-refractivity contribution < 1.29 is 13.2 Å². The second-order valence-corrected chi connectivity index (χ2v) is 3.17. The number of nitrogens with two attached hydrogens (primary N) is 1. The van der Waals surface area contributed by atoms with Gasteiger partial charge in [-0.25, -0.2) is 0 Å². The molecule has 1 aromatic rings. The monoisotopic (exact) mass is 240 g/mol. The first kappa shape index (κ1) is 13.9. The van der Waals surface area contributed by atoms with Crippen LogP contribution in [0.5, 0.6) is 0 Å². The van der Waals surface area contributed by atoms with E-state index in [0.717, 1.165) is 6.07 Å². The fourth-order valence-corrected chi connectivity index (χ4v) is 1.17. The van der Waals surface area contributed by atoms with Crippen molar-refractivity contribution >= 4 is 23.8 Å². The molecular weight excluding hydrogens is 229 g/mol. The second-order valence-electron chi connectivity index (χ2n) is 3.17. The third kappa shape index (κ3) is 3.20. The van der Waals surface area contributed by atoms with E-state index in [2.05, 4.69) is 0 Å². The zero-order valence-corrected chi connectivity index (χ0v) is 9.12. The molecule has 0 spiro atoms. The van der Waals surface area contributed by atoms with Gasteiger partial charge in [-0.05, 0) is 18.2 Å². The van der Waals surface area contributed by atoms with Gasteiger partial charge in [-0.2, -0.15) is 13.2 Å². The van der Waals surface area contributed by atoms with Crippen molar-refractivity contribution in [2.45, 2.75) is 6.18 Å². The Bertz CT molecular complexity index is 337. The van der Waals surface area contributed by atoms with Crippen LogP contribution in [-0.4, -0.2) is 14.1 Å². The normalized spacial score (nSPS) is 10.7. The SMILES string of the molecule is CN(C)c1ccc(N)cc1C(F)(F)F.Cl. The number of rotatable bonds is 1. The topological polar surface area (TPSA) is 29.3 Å². The van der Waals surface area contributed by atoms with Crippen LogP contribution in [0.4, 0.5) is 24.5 Å². The summed E-state index contributed by atoms with van der Waals surface area (Å²) in [6.07, 6.45) is -4.37. The summed E-state index contributed by atoms with van der Waals surface area (Å²) >= 11 is 0. The number of anilines is 2. The molecule has 2 nitrogen and oxygen atoms in total. The number of alkyl halides is 3. The van der Waals surface area contributed by atoms with Gasteiger partial charge in [-0.3, -0.25) is 0 Å². The van der Waals surface area contributed by atoms with Crippen LogP contribution >= 0.6 is 12.4 Å². The van der Waals surface area contributed by atoms with Gasteiger partial charge in [0.2, 0.25) is 0 Å². The van der Waals surface area contributed by atoms with Gasteiger partial charge in [-0.1, -0.05) is 0 Å². The predicted molar refractivity (Wildman–Crippen MR) is 57.4 cm³/mol. The number of nitrogen functional groups attached to an aromatic ring is 1. The van der Waals surface area contributed by atoms with E-state index in [4.69, 9.17) is 5.73 Å². The number of benzene rings is 1. The molecule has 2 N–H and O–H groups in total. The van der Waals surface area contributed by atoms with E-state index in [9.17, 15) is 13.2 Å². The van der Waals surface area contributed by atoms with Gasteiger partial charge in [0.25, 0.3) is 0 Å². The van der Waals surface area contributed by atoms with Crippen LogP contribution in [0.3, 0.4) is 0 Å². The Kier molecular flexibility index (Phi) is 4.27. The number of halogens is 4. The Balaban J connectivity index is 0.00000196. The Morgan fingerprint density at radius 1 is 1.20 bits per heavy atom. The average Bonchev–Trinajstić information content (AvgIpc) is 2.01. The smallest absolute Gasteiger partial charge is 0.399 e. The molecule has 0 heterocycles. The molecular formula is C9H12ClF3N2. The summed E-state index contributed by atoms with van der Waals surface area (Å²) in [4.78, 5) is 1.41. The second kappa shape index (κ2) is 4.61. The largest absolute Gasteiger partial charge is 0.418 e. The molecule has 0 radical (unpaired) electrons. The molecule has 0 bridgehead atoms. The Hall–Kier alpha value is -1.10. The molecule has 1 aromatic carbocycles. The van der Waals surface area contributed by atoms with Crippen LogP contribution < -0.4 is 10.6 Å². The fraction of sp³-hybridized carbons (Fsp3) is 0.333. The van der Waals surface area contributed by atoms with E-state index in [1.54, 1.807) is 14.1 Å². The van der Waals surface area contributed by atoms with E-state index in [1.165, 1.54) is 17.0 Å². The molecule has 0 amide bonds. The van der Waals surface area contributed by atoms with Crippen molar-refractivity contribution in [2.75, 3.05) is 24.7 Å². The van der Waals surface area contributed by atoms with E-state index >= 15 is 0 Å². The summed E-state index contributed by atoms with van der Waals surface area (Å²) in [7, 11) is 3.11. The van der Waals surface area contributed by atoms with Gasteiger partial charge < -0.3 is 10.6 Å². The van der Waals surface area contributed by atoms with E-state index in [0.29, 0.717) is 0 Å². The van der Waals surface area contributed by atoms with Gasteiger partial charge in [-0.15, -0.1) is 12.4 Å². The molecule has 1 rings (SSSR count). The first-order chi connectivity index (χ1) is 6.32. The van der Waals surface area contributed by atoms with Crippen LogP contribution in [0.25, 0.3) is 0 Å². The average molecular weight is 241 g/mol. The number of hydrogen-bond acceptors (Lipinski definition) is 2. The zero-order valence-electron chi connectivity index (χ0n) is 8.30. The van der Waals surface area contributed by atoms with Crippen molar-refractivity contribution in [3.63, 3.8) is 0 Å². The maximum atomic E-state index is 12.5. The number of nitrogens with zero attached hydrogens (tertiary/aromatic N) is 1. The van der Waals surface area contributed by atoms with Crippen LogP contribution in [-0.2, 0) is 6.18 Å². The van der Waals surface area contributed by atoms with Crippen LogP contribution in [0, 0.1) is 0 Å². The van der Waals surface area contributed by atoms with E-state index in [1.807, 2.05) is 0 Å². The molecule has 6 heteroatoms. The Morgan fingerprint density at radius 3 is 2.13 bits per heavy atom. The molecule has 0 aromatic heterocycles. The molecule has 0 aliphatic carbocycles. The maximum Gasteiger partial charge on any atom is 0.418 e. The lowest BCUT2D eigenvalue weighted by molar-refractivity contribution is -0.137. The summed E-state index contributed by atoms with van der Waals surface area (Å²) in [6.45, 7) is 0. The first-order valence-electron chi connectivity index (χ1n) is 3.96. The quantitative estimate of drug-likeness (QED) is 0.765. The molecule has 0 fully saturated rings. The minimum Gasteiger partial charge on any atom is -0.399 e. The summed E-state index contributed by atoms with van der Waals surface area (Å²) < 4.78 is 37.5. The minimum absolute atomic E-state index is 0. The summed E-state index contributed by atoms with van der Waals surface area (Å²) in [6, 6.07) is 3.75. The summed E-state index contributed by atoms with van der Waals surface area (Å²) in [5, 5.41) is 0. The molecule has 15 heavy (non-hydrogen) atoms. The molecule has 0 aliphatic rings. The summed E-state index contributed by atoms with van der Waals surface area (Å²) in [5.74, 6) is 0. The van der Waals surface area contributed by atoms with Gasteiger partial charge in [0.15, 0.2) is 0 Å². The van der Waals surface area contributed by atoms with Crippen LogP contribution in [0.1, 0.15) is 5.56 Å². The van der Waals surface area contributed by atoms with Crippen LogP contribution in [0.15, 0.2) is 18.2 Å². The van der Waals surface area contributed by atoms with Gasteiger partial charge >= 0.3 is 6.18 Å². The number of hydrogen-bond donors (Lipinski definition) is 1. The Morgan fingerprint density at radius 2 is 1.73 bits per heavy atom. The fourth-order valence-electron chi connectivity index (χ4n) is 1.17. The molecule has 86 valence electrons. The zero-order chi connectivity index (χ0) is 10.9. The highest BCUT2D eigenvalue weighted by Gasteiger charge is 2.34.